The van der Waals surface area contributed by atoms with E-state index in [2.05, 4.69) is 0 Å². The van der Waals surface area contributed by atoms with Crippen molar-refractivity contribution in [3.8, 4) is 0 Å². The van der Waals surface area contributed by atoms with Crippen LogP contribution in [-0.2, 0) is 14.6 Å². The number of nitrogens with zero attached hydrogens (tertiary/aromatic N) is 1. The van der Waals surface area contributed by atoms with E-state index < -0.39 is 9.84 Å². The lowest BCUT2D eigenvalue weighted by molar-refractivity contribution is -0.135. The Morgan fingerprint density at radius 2 is 2.05 bits per heavy atom. The second kappa shape index (κ2) is 6.70. The SMILES string of the molecule is CC(C(=O)N(C)CCS(C)(=O)=O)C1CCCC(N)C1. The van der Waals surface area contributed by atoms with Crippen LogP contribution in [0, 0.1) is 11.8 Å². The Labute approximate surface area is 116 Å². The van der Waals surface area contributed by atoms with E-state index in [1.54, 1.807) is 7.05 Å². The molecule has 1 rings (SSSR count). The van der Waals surface area contributed by atoms with Crippen LogP contribution in [-0.4, -0.2) is 50.9 Å². The molecule has 3 unspecified atom stereocenters. The van der Waals surface area contributed by atoms with Gasteiger partial charge in [-0.1, -0.05) is 13.3 Å². The average Bonchev–Trinajstić information content (AvgIpc) is 2.33. The zero-order valence-corrected chi connectivity index (χ0v) is 12.9. The van der Waals surface area contributed by atoms with Crippen molar-refractivity contribution in [1.29, 1.82) is 0 Å². The van der Waals surface area contributed by atoms with E-state index in [-0.39, 0.29) is 30.2 Å². The Morgan fingerprint density at radius 3 is 2.58 bits per heavy atom. The monoisotopic (exact) mass is 290 g/mol. The van der Waals surface area contributed by atoms with Gasteiger partial charge in [0, 0.05) is 31.8 Å². The number of amides is 1. The van der Waals surface area contributed by atoms with Gasteiger partial charge in [-0.05, 0) is 25.2 Å². The van der Waals surface area contributed by atoms with Gasteiger partial charge in [-0.15, -0.1) is 0 Å². The lowest BCUT2D eigenvalue weighted by Gasteiger charge is -2.32. The second-order valence-electron chi connectivity index (χ2n) is 5.87. The molecule has 1 aliphatic carbocycles. The van der Waals surface area contributed by atoms with E-state index in [1.165, 1.54) is 11.2 Å². The zero-order chi connectivity index (χ0) is 14.6. The Kier molecular flexibility index (Phi) is 5.80. The van der Waals surface area contributed by atoms with E-state index >= 15 is 0 Å². The van der Waals surface area contributed by atoms with Gasteiger partial charge in [0.2, 0.25) is 5.91 Å². The van der Waals surface area contributed by atoms with Crippen molar-refractivity contribution in [2.75, 3.05) is 25.6 Å². The van der Waals surface area contributed by atoms with Gasteiger partial charge in [0.25, 0.3) is 0 Å². The quantitative estimate of drug-likeness (QED) is 0.806. The molecule has 19 heavy (non-hydrogen) atoms. The Bertz CT molecular complexity index is 408. The zero-order valence-electron chi connectivity index (χ0n) is 12.1. The highest BCUT2D eigenvalue weighted by Crippen LogP contribution is 2.30. The minimum atomic E-state index is -3.03. The molecule has 5 nitrogen and oxygen atoms in total. The molecule has 0 radical (unpaired) electrons. The minimum absolute atomic E-state index is 0.0200. The number of nitrogens with two attached hydrogens (primary N) is 1. The van der Waals surface area contributed by atoms with Crippen molar-refractivity contribution < 1.29 is 13.2 Å². The van der Waals surface area contributed by atoms with Gasteiger partial charge in [-0.2, -0.15) is 0 Å². The van der Waals surface area contributed by atoms with E-state index in [9.17, 15) is 13.2 Å². The van der Waals surface area contributed by atoms with Gasteiger partial charge in [0.05, 0.1) is 5.75 Å². The van der Waals surface area contributed by atoms with Crippen LogP contribution in [0.5, 0.6) is 0 Å². The Balaban J connectivity index is 2.51. The first-order chi connectivity index (χ1) is 8.70. The summed E-state index contributed by atoms with van der Waals surface area (Å²) in [6.07, 6.45) is 5.25. The summed E-state index contributed by atoms with van der Waals surface area (Å²) in [6, 6.07) is 0.204. The molecular formula is C13H26N2O3S. The van der Waals surface area contributed by atoms with Gasteiger partial charge in [-0.25, -0.2) is 8.42 Å². The van der Waals surface area contributed by atoms with Crippen LogP contribution in [0.1, 0.15) is 32.6 Å². The molecule has 1 aliphatic rings. The number of hydrogen-bond acceptors (Lipinski definition) is 4. The molecule has 2 N–H and O–H groups in total. The molecule has 112 valence electrons. The molecule has 0 saturated heterocycles. The molecule has 1 amide bonds. The van der Waals surface area contributed by atoms with Crippen LogP contribution >= 0.6 is 0 Å². The summed E-state index contributed by atoms with van der Waals surface area (Å²) >= 11 is 0. The molecule has 0 bridgehead atoms. The van der Waals surface area contributed by atoms with Crippen LogP contribution in [0.25, 0.3) is 0 Å². The summed E-state index contributed by atoms with van der Waals surface area (Å²) in [7, 11) is -1.35. The van der Waals surface area contributed by atoms with E-state index in [1.807, 2.05) is 6.92 Å². The fourth-order valence-corrected chi connectivity index (χ4v) is 3.29. The van der Waals surface area contributed by atoms with E-state index in [4.69, 9.17) is 5.73 Å². The number of carbonyl (C=O) groups excluding carboxylic acids is 1. The van der Waals surface area contributed by atoms with Crippen LogP contribution in [0.4, 0.5) is 0 Å². The number of sulfone groups is 1. The highest BCUT2D eigenvalue weighted by molar-refractivity contribution is 7.90. The molecule has 6 heteroatoms. The summed E-state index contributed by atoms with van der Waals surface area (Å²) in [5, 5.41) is 0. The average molecular weight is 290 g/mol. The van der Waals surface area contributed by atoms with Gasteiger partial charge in [-0.3, -0.25) is 4.79 Å². The maximum atomic E-state index is 12.3. The molecule has 0 aliphatic heterocycles. The largest absolute Gasteiger partial charge is 0.345 e. The third-order valence-corrected chi connectivity index (χ3v) is 4.95. The van der Waals surface area contributed by atoms with Crippen molar-refractivity contribution in [2.45, 2.75) is 38.6 Å². The molecule has 0 heterocycles. The number of carbonyl (C=O) groups is 1. The maximum Gasteiger partial charge on any atom is 0.225 e. The van der Waals surface area contributed by atoms with Gasteiger partial charge in [0.1, 0.15) is 9.84 Å². The first-order valence-electron chi connectivity index (χ1n) is 6.89. The van der Waals surface area contributed by atoms with Gasteiger partial charge < -0.3 is 10.6 Å². The molecule has 1 saturated carbocycles. The summed E-state index contributed by atoms with van der Waals surface area (Å²) in [5.74, 6) is 0.308. The predicted octanol–water partition coefficient (Wildman–Crippen LogP) is 0.643. The highest BCUT2D eigenvalue weighted by atomic mass is 32.2. The van der Waals surface area contributed by atoms with Crippen molar-refractivity contribution in [1.82, 2.24) is 4.90 Å². The first-order valence-corrected chi connectivity index (χ1v) is 8.95. The third-order valence-electron chi connectivity index (χ3n) is 4.03. The molecule has 0 aromatic carbocycles. The second-order valence-corrected chi connectivity index (χ2v) is 8.12. The Hall–Kier alpha value is -0.620. The number of rotatable bonds is 5. The summed E-state index contributed by atoms with van der Waals surface area (Å²) in [6.45, 7) is 2.20. The van der Waals surface area contributed by atoms with Crippen molar-refractivity contribution in [2.24, 2.45) is 17.6 Å². The molecule has 1 fully saturated rings. The van der Waals surface area contributed by atoms with Crippen molar-refractivity contribution in [3.63, 3.8) is 0 Å². The molecule has 0 spiro atoms. The fourth-order valence-electron chi connectivity index (χ4n) is 2.68. The summed E-state index contributed by atoms with van der Waals surface area (Å²) in [4.78, 5) is 13.8. The maximum absolute atomic E-state index is 12.3. The van der Waals surface area contributed by atoms with Crippen LogP contribution in [0.15, 0.2) is 0 Å². The topological polar surface area (TPSA) is 80.5 Å². The number of hydrogen-bond donors (Lipinski definition) is 1. The van der Waals surface area contributed by atoms with Crippen molar-refractivity contribution in [3.05, 3.63) is 0 Å². The molecule has 0 aromatic rings. The van der Waals surface area contributed by atoms with E-state index in [0.717, 1.165) is 25.7 Å². The smallest absolute Gasteiger partial charge is 0.225 e. The fraction of sp³-hybridized carbons (Fsp3) is 0.923. The lowest BCUT2D eigenvalue weighted by atomic mass is 9.78. The summed E-state index contributed by atoms with van der Waals surface area (Å²) in [5.41, 5.74) is 5.95. The lowest BCUT2D eigenvalue weighted by Crippen LogP contribution is -2.40. The van der Waals surface area contributed by atoms with Gasteiger partial charge in [0.15, 0.2) is 0 Å². The van der Waals surface area contributed by atoms with E-state index in [0.29, 0.717) is 5.92 Å². The highest BCUT2D eigenvalue weighted by Gasteiger charge is 2.30. The first kappa shape index (κ1) is 16.4. The molecule has 0 aromatic heterocycles. The van der Waals surface area contributed by atoms with Crippen LogP contribution in [0.2, 0.25) is 0 Å². The Morgan fingerprint density at radius 1 is 1.42 bits per heavy atom. The third kappa shape index (κ3) is 5.48. The van der Waals surface area contributed by atoms with Crippen molar-refractivity contribution >= 4 is 15.7 Å². The standard InChI is InChI=1S/C13H26N2O3S/c1-10(11-5-4-6-12(14)9-11)13(16)15(2)7-8-19(3,17)18/h10-12H,4-9,14H2,1-3H3. The molecule has 3 atom stereocenters. The normalized spacial score (nSPS) is 25.9. The van der Waals surface area contributed by atoms with Gasteiger partial charge >= 0.3 is 0 Å². The minimum Gasteiger partial charge on any atom is -0.345 e. The summed E-state index contributed by atoms with van der Waals surface area (Å²) < 4.78 is 22.2. The predicted molar refractivity (Wildman–Crippen MR) is 76.4 cm³/mol. The molecular weight excluding hydrogens is 264 g/mol. The van der Waals surface area contributed by atoms with Crippen LogP contribution in [0.3, 0.4) is 0 Å². The van der Waals surface area contributed by atoms with Crippen LogP contribution < -0.4 is 5.73 Å².